The molecule has 2 unspecified atom stereocenters. The second-order valence-electron chi connectivity index (χ2n) is 4.30. The molecule has 0 aromatic carbocycles. The van der Waals surface area contributed by atoms with E-state index < -0.39 is 8.80 Å². The third-order valence-electron chi connectivity index (χ3n) is 3.65. The summed E-state index contributed by atoms with van der Waals surface area (Å²) in [5.74, 6) is 0.761. The maximum absolute atomic E-state index is 5.54. The fourth-order valence-corrected chi connectivity index (χ4v) is 5.39. The molecule has 0 aromatic heterocycles. The normalized spacial score (nSPS) is 26.4. The van der Waals surface area contributed by atoms with Crippen molar-refractivity contribution in [3.8, 4) is 0 Å². The molecule has 1 aliphatic carbocycles. The highest BCUT2D eigenvalue weighted by Gasteiger charge is 2.54. The van der Waals surface area contributed by atoms with Gasteiger partial charge >= 0.3 is 8.80 Å². The lowest BCUT2D eigenvalue weighted by Gasteiger charge is -2.44. The Hall–Kier alpha value is 0.0969. The third-order valence-corrected chi connectivity index (χ3v) is 7.03. The zero-order valence-corrected chi connectivity index (χ0v) is 11.4. The standard InChI is InChI=1S/C11H24O3Si/c1-5-6-7-10-8-9-11(10)15(12-2,13-3)14-4/h10-11H,5-9H2,1-4H3. The van der Waals surface area contributed by atoms with Crippen LogP contribution in [0.1, 0.15) is 39.0 Å². The summed E-state index contributed by atoms with van der Waals surface area (Å²) in [6.07, 6.45) is 6.39. The first-order valence-electron chi connectivity index (χ1n) is 5.89. The van der Waals surface area contributed by atoms with Crippen LogP contribution in [0, 0.1) is 5.92 Å². The fraction of sp³-hybridized carbons (Fsp3) is 1.00. The Morgan fingerprint density at radius 1 is 1.07 bits per heavy atom. The SMILES string of the molecule is CCCCC1CCC1[Si](OC)(OC)OC. The van der Waals surface area contributed by atoms with Crippen molar-refractivity contribution in [2.45, 2.75) is 44.6 Å². The Labute approximate surface area is 94.5 Å². The van der Waals surface area contributed by atoms with E-state index in [1.165, 1.54) is 32.1 Å². The fourth-order valence-electron chi connectivity index (χ4n) is 2.55. The van der Waals surface area contributed by atoms with E-state index in [0.717, 1.165) is 5.92 Å². The van der Waals surface area contributed by atoms with Gasteiger partial charge in [-0.05, 0) is 18.8 Å². The predicted molar refractivity (Wildman–Crippen MR) is 62.8 cm³/mol. The first kappa shape index (κ1) is 13.2. The Bertz CT molecular complexity index is 174. The molecule has 0 N–H and O–H groups in total. The van der Waals surface area contributed by atoms with Crippen LogP contribution in [-0.4, -0.2) is 30.1 Å². The molecule has 90 valence electrons. The molecule has 0 heterocycles. The highest BCUT2D eigenvalue weighted by molar-refractivity contribution is 6.62. The molecule has 15 heavy (non-hydrogen) atoms. The van der Waals surface area contributed by atoms with Crippen LogP contribution in [0.3, 0.4) is 0 Å². The van der Waals surface area contributed by atoms with Crippen LogP contribution < -0.4 is 0 Å². The van der Waals surface area contributed by atoms with Crippen molar-refractivity contribution in [2.24, 2.45) is 5.92 Å². The molecule has 0 radical (unpaired) electrons. The van der Waals surface area contributed by atoms with Gasteiger partial charge in [-0.1, -0.05) is 26.2 Å². The lowest BCUT2D eigenvalue weighted by atomic mass is 9.81. The van der Waals surface area contributed by atoms with Crippen LogP contribution in [0.2, 0.25) is 5.54 Å². The molecule has 1 fully saturated rings. The quantitative estimate of drug-likeness (QED) is 0.632. The van der Waals surface area contributed by atoms with Gasteiger partial charge in [-0.15, -0.1) is 0 Å². The molecule has 1 rings (SSSR count). The Kier molecular flexibility index (Phi) is 5.25. The van der Waals surface area contributed by atoms with Crippen molar-refractivity contribution < 1.29 is 13.3 Å². The molecule has 1 saturated carbocycles. The molecule has 2 atom stereocenters. The minimum absolute atomic E-state index is 0.532. The highest BCUT2D eigenvalue weighted by atomic mass is 28.4. The van der Waals surface area contributed by atoms with Gasteiger partial charge in [0.25, 0.3) is 0 Å². The van der Waals surface area contributed by atoms with Gasteiger partial charge in [-0.2, -0.15) is 0 Å². The first-order chi connectivity index (χ1) is 7.24. The van der Waals surface area contributed by atoms with E-state index in [1.807, 2.05) is 0 Å². The molecule has 0 saturated heterocycles. The Morgan fingerprint density at radius 3 is 2.00 bits per heavy atom. The average Bonchev–Trinajstić information content (AvgIpc) is 2.25. The molecule has 0 spiro atoms. The van der Waals surface area contributed by atoms with Crippen molar-refractivity contribution in [3.05, 3.63) is 0 Å². The zero-order valence-electron chi connectivity index (χ0n) is 10.4. The number of hydrogen-bond acceptors (Lipinski definition) is 3. The molecule has 1 aliphatic rings. The van der Waals surface area contributed by atoms with Gasteiger partial charge in [0.15, 0.2) is 0 Å². The molecule has 0 amide bonds. The smallest absolute Gasteiger partial charge is 0.377 e. The van der Waals surface area contributed by atoms with Crippen LogP contribution in [-0.2, 0) is 13.3 Å². The maximum Gasteiger partial charge on any atom is 0.503 e. The molecular formula is C11H24O3Si. The highest BCUT2D eigenvalue weighted by Crippen LogP contribution is 2.49. The lowest BCUT2D eigenvalue weighted by Crippen LogP contribution is -2.53. The topological polar surface area (TPSA) is 27.7 Å². The second-order valence-corrected chi connectivity index (χ2v) is 7.48. The van der Waals surface area contributed by atoms with Crippen molar-refractivity contribution in [2.75, 3.05) is 21.3 Å². The van der Waals surface area contributed by atoms with E-state index in [0.29, 0.717) is 5.54 Å². The van der Waals surface area contributed by atoms with Crippen LogP contribution >= 0.6 is 0 Å². The van der Waals surface area contributed by atoms with Crippen LogP contribution in [0.4, 0.5) is 0 Å². The van der Waals surface area contributed by atoms with E-state index in [4.69, 9.17) is 13.3 Å². The van der Waals surface area contributed by atoms with Gasteiger partial charge in [0.05, 0.1) is 0 Å². The van der Waals surface area contributed by atoms with Crippen molar-refractivity contribution in [1.82, 2.24) is 0 Å². The van der Waals surface area contributed by atoms with Crippen LogP contribution in [0.5, 0.6) is 0 Å². The zero-order chi connectivity index (χ0) is 11.3. The summed E-state index contributed by atoms with van der Waals surface area (Å²) in [6.45, 7) is 2.24. The van der Waals surface area contributed by atoms with Gasteiger partial charge < -0.3 is 13.3 Å². The Morgan fingerprint density at radius 2 is 1.67 bits per heavy atom. The minimum atomic E-state index is -2.35. The van der Waals surface area contributed by atoms with Crippen molar-refractivity contribution in [3.63, 3.8) is 0 Å². The number of hydrogen-bond donors (Lipinski definition) is 0. The van der Waals surface area contributed by atoms with Crippen LogP contribution in [0.15, 0.2) is 0 Å². The van der Waals surface area contributed by atoms with Gasteiger partial charge in [0, 0.05) is 26.9 Å². The van der Waals surface area contributed by atoms with E-state index in [9.17, 15) is 0 Å². The van der Waals surface area contributed by atoms with Crippen molar-refractivity contribution >= 4 is 8.80 Å². The largest absolute Gasteiger partial charge is 0.503 e. The molecule has 0 aromatic rings. The predicted octanol–water partition coefficient (Wildman–Crippen LogP) is 2.83. The Balaban J connectivity index is 2.53. The monoisotopic (exact) mass is 232 g/mol. The summed E-state index contributed by atoms with van der Waals surface area (Å²) in [5, 5.41) is 0. The molecular weight excluding hydrogens is 208 g/mol. The number of unbranched alkanes of at least 4 members (excludes halogenated alkanes) is 1. The molecule has 3 nitrogen and oxygen atoms in total. The summed E-state index contributed by atoms with van der Waals surface area (Å²) < 4.78 is 16.6. The maximum atomic E-state index is 5.54. The van der Waals surface area contributed by atoms with Gasteiger partial charge in [-0.25, -0.2) is 0 Å². The van der Waals surface area contributed by atoms with Crippen molar-refractivity contribution in [1.29, 1.82) is 0 Å². The minimum Gasteiger partial charge on any atom is -0.377 e. The third kappa shape index (κ3) is 2.61. The summed E-state index contributed by atoms with van der Waals surface area (Å²) >= 11 is 0. The average molecular weight is 232 g/mol. The molecule has 0 bridgehead atoms. The summed E-state index contributed by atoms with van der Waals surface area (Å²) in [5.41, 5.74) is 0.532. The molecule has 0 aliphatic heterocycles. The van der Waals surface area contributed by atoms with Gasteiger partial charge in [0.2, 0.25) is 0 Å². The summed E-state index contributed by atoms with van der Waals surface area (Å²) in [6, 6.07) is 0. The van der Waals surface area contributed by atoms with Gasteiger partial charge in [-0.3, -0.25) is 0 Å². The summed E-state index contributed by atoms with van der Waals surface area (Å²) in [4.78, 5) is 0. The van der Waals surface area contributed by atoms with E-state index in [1.54, 1.807) is 21.3 Å². The lowest BCUT2D eigenvalue weighted by molar-refractivity contribution is 0.0766. The molecule has 4 heteroatoms. The second kappa shape index (κ2) is 5.99. The number of rotatable bonds is 7. The summed E-state index contributed by atoms with van der Waals surface area (Å²) in [7, 11) is 2.80. The van der Waals surface area contributed by atoms with Gasteiger partial charge in [0.1, 0.15) is 0 Å². The van der Waals surface area contributed by atoms with E-state index in [-0.39, 0.29) is 0 Å². The first-order valence-corrected chi connectivity index (χ1v) is 7.69. The van der Waals surface area contributed by atoms with Crippen LogP contribution in [0.25, 0.3) is 0 Å². The van der Waals surface area contributed by atoms with E-state index in [2.05, 4.69) is 6.92 Å². The van der Waals surface area contributed by atoms with E-state index >= 15 is 0 Å².